The van der Waals surface area contributed by atoms with Gasteiger partial charge in [0.2, 0.25) is 0 Å². The molecule has 0 aromatic heterocycles. The summed E-state index contributed by atoms with van der Waals surface area (Å²) in [7, 11) is 1.74. The standard InChI is InChI=1S/C16H23NO/c1-3-15(17-13-9-5-4-6-10-13)14-11-7-8-12-16(14)18-2/h4-5,7-8,11-13,15,17H,3,6,9-10H2,1-2H3. The zero-order valence-corrected chi connectivity index (χ0v) is 11.4. The molecule has 0 saturated heterocycles. The Hall–Kier alpha value is -1.28. The Morgan fingerprint density at radius 1 is 1.33 bits per heavy atom. The lowest BCUT2D eigenvalue weighted by Crippen LogP contribution is -2.33. The van der Waals surface area contributed by atoms with Crippen molar-refractivity contribution in [1.82, 2.24) is 5.32 Å². The van der Waals surface area contributed by atoms with E-state index in [1.807, 2.05) is 12.1 Å². The lowest BCUT2D eigenvalue weighted by atomic mass is 9.97. The summed E-state index contributed by atoms with van der Waals surface area (Å²) in [6.45, 7) is 2.22. The number of para-hydroxylation sites is 1. The van der Waals surface area contributed by atoms with Crippen LogP contribution in [0.25, 0.3) is 0 Å². The average molecular weight is 245 g/mol. The average Bonchev–Trinajstić information content (AvgIpc) is 2.46. The second-order valence-electron chi connectivity index (χ2n) is 4.85. The highest BCUT2D eigenvalue weighted by Crippen LogP contribution is 2.28. The molecule has 2 heteroatoms. The predicted octanol–water partition coefficient (Wildman–Crippen LogP) is 3.84. The highest BCUT2D eigenvalue weighted by molar-refractivity contribution is 5.35. The van der Waals surface area contributed by atoms with Crippen molar-refractivity contribution in [3.63, 3.8) is 0 Å². The summed E-state index contributed by atoms with van der Waals surface area (Å²) in [5.41, 5.74) is 1.28. The minimum Gasteiger partial charge on any atom is -0.496 e. The molecule has 0 spiro atoms. The number of rotatable bonds is 5. The van der Waals surface area contributed by atoms with Gasteiger partial charge in [0, 0.05) is 17.6 Å². The van der Waals surface area contributed by atoms with Gasteiger partial charge >= 0.3 is 0 Å². The molecule has 2 rings (SSSR count). The first-order chi connectivity index (χ1) is 8.85. The third-order valence-electron chi connectivity index (χ3n) is 3.63. The molecule has 1 N–H and O–H groups in total. The maximum atomic E-state index is 5.46. The van der Waals surface area contributed by atoms with Gasteiger partial charge in [0.25, 0.3) is 0 Å². The van der Waals surface area contributed by atoms with Gasteiger partial charge in [-0.1, -0.05) is 37.3 Å². The van der Waals surface area contributed by atoms with Gasteiger partial charge in [0.1, 0.15) is 5.75 Å². The summed E-state index contributed by atoms with van der Waals surface area (Å²) < 4.78 is 5.46. The summed E-state index contributed by atoms with van der Waals surface area (Å²) in [5, 5.41) is 3.77. The molecule has 0 amide bonds. The smallest absolute Gasteiger partial charge is 0.123 e. The SMILES string of the molecule is CCC(NC1CC=CCC1)c1ccccc1OC. The zero-order chi connectivity index (χ0) is 12.8. The first-order valence-electron chi connectivity index (χ1n) is 6.89. The Bertz CT molecular complexity index is 400. The molecular weight excluding hydrogens is 222 g/mol. The Kier molecular flexibility index (Phi) is 4.82. The van der Waals surface area contributed by atoms with Crippen LogP contribution < -0.4 is 10.1 Å². The van der Waals surface area contributed by atoms with E-state index in [9.17, 15) is 0 Å². The van der Waals surface area contributed by atoms with Crippen LogP contribution in [0.3, 0.4) is 0 Å². The topological polar surface area (TPSA) is 21.3 Å². The molecule has 0 fully saturated rings. The van der Waals surface area contributed by atoms with E-state index in [4.69, 9.17) is 4.74 Å². The maximum absolute atomic E-state index is 5.46. The number of nitrogens with one attached hydrogen (secondary N) is 1. The van der Waals surface area contributed by atoms with Crippen LogP contribution in [0.1, 0.15) is 44.2 Å². The minimum absolute atomic E-state index is 0.387. The van der Waals surface area contributed by atoms with Crippen LogP contribution in [0, 0.1) is 0 Å². The fraction of sp³-hybridized carbons (Fsp3) is 0.500. The Morgan fingerprint density at radius 2 is 2.17 bits per heavy atom. The van der Waals surface area contributed by atoms with E-state index in [0.29, 0.717) is 12.1 Å². The summed E-state index contributed by atoms with van der Waals surface area (Å²) in [6.07, 6.45) is 9.23. The Labute approximate surface area is 110 Å². The van der Waals surface area contributed by atoms with E-state index < -0.39 is 0 Å². The van der Waals surface area contributed by atoms with Crippen molar-refractivity contribution in [1.29, 1.82) is 0 Å². The van der Waals surface area contributed by atoms with E-state index in [1.165, 1.54) is 18.4 Å². The number of ether oxygens (including phenoxy) is 1. The molecule has 1 aromatic carbocycles. The number of allylic oxidation sites excluding steroid dienone is 1. The quantitative estimate of drug-likeness (QED) is 0.796. The van der Waals surface area contributed by atoms with Gasteiger partial charge in [-0.25, -0.2) is 0 Å². The molecule has 98 valence electrons. The monoisotopic (exact) mass is 245 g/mol. The molecular formula is C16H23NO. The predicted molar refractivity (Wildman–Crippen MR) is 75.9 cm³/mol. The second kappa shape index (κ2) is 6.60. The van der Waals surface area contributed by atoms with E-state index >= 15 is 0 Å². The Morgan fingerprint density at radius 3 is 2.83 bits per heavy atom. The number of hydrogen-bond donors (Lipinski definition) is 1. The van der Waals surface area contributed by atoms with E-state index in [0.717, 1.165) is 18.6 Å². The molecule has 18 heavy (non-hydrogen) atoms. The molecule has 1 aliphatic rings. The van der Waals surface area contributed by atoms with Crippen molar-refractivity contribution in [3.05, 3.63) is 42.0 Å². The van der Waals surface area contributed by atoms with Gasteiger partial charge in [-0.3, -0.25) is 0 Å². The van der Waals surface area contributed by atoms with E-state index in [1.54, 1.807) is 7.11 Å². The van der Waals surface area contributed by atoms with Crippen molar-refractivity contribution < 1.29 is 4.74 Å². The van der Waals surface area contributed by atoms with Crippen molar-refractivity contribution in [2.24, 2.45) is 0 Å². The van der Waals surface area contributed by atoms with Crippen LogP contribution in [-0.2, 0) is 0 Å². The van der Waals surface area contributed by atoms with Crippen LogP contribution in [0.5, 0.6) is 5.75 Å². The number of methoxy groups -OCH3 is 1. The zero-order valence-electron chi connectivity index (χ0n) is 11.4. The maximum Gasteiger partial charge on any atom is 0.123 e. The van der Waals surface area contributed by atoms with Gasteiger partial charge in [-0.05, 0) is 31.7 Å². The molecule has 0 aliphatic heterocycles. The molecule has 0 saturated carbocycles. The lowest BCUT2D eigenvalue weighted by Gasteiger charge is -2.27. The molecule has 1 aliphatic carbocycles. The van der Waals surface area contributed by atoms with Gasteiger partial charge in [-0.2, -0.15) is 0 Å². The van der Waals surface area contributed by atoms with Crippen molar-refractivity contribution >= 4 is 0 Å². The highest BCUT2D eigenvalue weighted by Gasteiger charge is 2.18. The van der Waals surface area contributed by atoms with Gasteiger partial charge in [-0.15, -0.1) is 0 Å². The van der Waals surface area contributed by atoms with Crippen LogP contribution >= 0.6 is 0 Å². The fourth-order valence-electron chi connectivity index (χ4n) is 2.61. The van der Waals surface area contributed by atoms with Crippen LogP contribution in [0.2, 0.25) is 0 Å². The minimum atomic E-state index is 0.387. The summed E-state index contributed by atoms with van der Waals surface area (Å²) >= 11 is 0. The van der Waals surface area contributed by atoms with Crippen molar-refractivity contribution in [2.75, 3.05) is 7.11 Å². The highest BCUT2D eigenvalue weighted by atomic mass is 16.5. The largest absolute Gasteiger partial charge is 0.496 e. The molecule has 0 radical (unpaired) electrons. The summed E-state index contributed by atoms with van der Waals surface area (Å²) in [5.74, 6) is 0.989. The van der Waals surface area contributed by atoms with E-state index in [2.05, 4.69) is 36.5 Å². The molecule has 2 unspecified atom stereocenters. The summed E-state index contributed by atoms with van der Waals surface area (Å²) in [4.78, 5) is 0. The first kappa shape index (κ1) is 13.2. The number of benzene rings is 1. The van der Waals surface area contributed by atoms with Gasteiger partial charge in [0.05, 0.1) is 7.11 Å². The van der Waals surface area contributed by atoms with Crippen LogP contribution in [0.4, 0.5) is 0 Å². The molecule has 0 bridgehead atoms. The van der Waals surface area contributed by atoms with Crippen molar-refractivity contribution in [3.8, 4) is 5.75 Å². The molecule has 0 heterocycles. The number of hydrogen-bond acceptors (Lipinski definition) is 2. The normalized spacial score (nSPS) is 20.7. The summed E-state index contributed by atoms with van der Waals surface area (Å²) in [6, 6.07) is 9.31. The van der Waals surface area contributed by atoms with Crippen LogP contribution in [-0.4, -0.2) is 13.2 Å². The van der Waals surface area contributed by atoms with Crippen molar-refractivity contribution in [2.45, 2.75) is 44.7 Å². The molecule has 1 aromatic rings. The lowest BCUT2D eigenvalue weighted by molar-refractivity contribution is 0.372. The first-order valence-corrected chi connectivity index (χ1v) is 6.89. The van der Waals surface area contributed by atoms with E-state index in [-0.39, 0.29) is 0 Å². The van der Waals surface area contributed by atoms with Crippen LogP contribution in [0.15, 0.2) is 36.4 Å². The molecule has 2 nitrogen and oxygen atoms in total. The van der Waals surface area contributed by atoms with Gasteiger partial charge < -0.3 is 10.1 Å². The second-order valence-corrected chi connectivity index (χ2v) is 4.85. The third-order valence-corrected chi connectivity index (χ3v) is 3.63. The third kappa shape index (κ3) is 3.14. The molecule has 2 atom stereocenters. The Balaban J connectivity index is 2.09. The van der Waals surface area contributed by atoms with Gasteiger partial charge in [0.15, 0.2) is 0 Å². The fourth-order valence-corrected chi connectivity index (χ4v) is 2.61.